The lowest BCUT2D eigenvalue weighted by atomic mass is 9.86. The van der Waals surface area contributed by atoms with E-state index in [0.717, 1.165) is 24.1 Å². The minimum Gasteiger partial charge on any atom is -0.445 e. The molecule has 1 saturated carbocycles. The summed E-state index contributed by atoms with van der Waals surface area (Å²) >= 11 is 6.12. The van der Waals surface area contributed by atoms with Crippen LogP contribution in [0.1, 0.15) is 18.4 Å². The third kappa shape index (κ3) is 4.39. The molecule has 2 aromatic carbocycles. The van der Waals surface area contributed by atoms with Crippen LogP contribution >= 0.6 is 11.6 Å². The summed E-state index contributed by atoms with van der Waals surface area (Å²) in [5, 5.41) is 6.98. The number of anilines is 1. The van der Waals surface area contributed by atoms with Gasteiger partial charge in [0.25, 0.3) is 0 Å². The van der Waals surface area contributed by atoms with Crippen LogP contribution in [-0.2, 0) is 11.3 Å². The molecule has 3 rings (SSSR count). The van der Waals surface area contributed by atoms with Crippen LogP contribution in [0.25, 0.3) is 0 Å². The molecule has 0 aromatic heterocycles. The Morgan fingerprint density at radius 3 is 2.48 bits per heavy atom. The number of ether oxygens (including phenoxy) is 1. The fourth-order valence-corrected chi connectivity index (χ4v) is 2.77. The summed E-state index contributed by atoms with van der Waals surface area (Å²) in [5.74, 6) is 0. The SMILES string of the molecule is O=C(NC1CC(Nc2ccccc2Cl)C1)OCc1ccccc1. The zero-order valence-corrected chi connectivity index (χ0v) is 13.4. The zero-order valence-electron chi connectivity index (χ0n) is 12.7. The van der Waals surface area contributed by atoms with Crippen molar-refractivity contribution < 1.29 is 9.53 Å². The van der Waals surface area contributed by atoms with Gasteiger partial charge in [0, 0.05) is 12.1 Å². The van der Waals surface area contributed by atoms with Crippen molar-refractivity contribution in [1.82, 2.24) is 5.32 Å². The van der Waals surface area contributed by atoms with Crippen molar-refractivity contribution in [2.45, 2.75) is 31.5 Å². The van der Waals surface area contributed by atoms with E-state index in [2.05, 4.69) is 10.6 Å². The number of alkyl carbamates (subject to hydrolysis) is 1. The first-order valence-corrected chi connectivity index (χ1v) is 8.07. The largest absolute Gasteiger partial charge is 0.445 e. The fourth-order valence-electron chi connectivity index (χ4n) is 2.58. The first-order chi connectivity index (χ1) is 11.2. The second kappa shape index (κ2) is 7.38. The topological polar surface area (TPSA) is 50.4 Å². The average molecular weight is 331 g/mol. The van der Waals surface area contributed by atoms with Gasteiger partial charge in [-0.1, -0.05) is 54.1 Å². The number of halogens is 1. The quantitative estimate of drug-likeness (QED) is 0.863. The van der Waals surface area contributed by atoms with E-state index in [1.54, 1.807) is 0 Å². The molecule has 4 nitrogen and oxygen atoms in total. The van der Waals surface area contributed by atoms with Crippen molar-refractivity contribution >= 4 is 23.4 Å². The smallest absolute Gasteiger partial charge is 0.407 e. The minimum atomic E-state index is -0.366. The second-order valence-corrected chi connectivity index (χ2v) is 6.10. The molecule has 0 heterocycles. The van der Waals surface area contributed by atoms with E-state index >= 15 is 0 Å². The minimum absolute atomic E-state index is 0.151. The van der Waals surface area contributed by atoms with E-state index in [9.17, 15) is 4.79 Å². The molecule has 0 saturated heterocycles. The molecule has 0 bridgehead atoms. The summed E-state index contributed by atoms with van der Waals surface area (Å²) in [7, 11) is 0. The lowest BCUT2D eigenvalue weighted by Crippen LogP contribution is -2.49. The number of carbonyl (C=O) groups is 1. The van der Waals surface area contributed by atoms with Gasteiger partial charge in [0.05, 0.1) is 10.7 Å². The van der Waals surface area contributed by atoms with E-state index in [1.807, 2.05) is 54.6 Å². The summed E-state index contributed by atoms with van der Waals surface area (Å²) in [6, 6.07) is 17.8. The Kier molecular flexibility index (Phi) is 5.03. The number of hydrogen-bond acceptors (Lipinski definition) is 3. The first kappa shape index (κ1) is 15.7. The van der Waals surface area contributed by atoms with Crippen molar-refractivity contribution in [1.29, 1.82) is 0 Å². The van der Waals surface area contributed by atoms with E-state index < -0.39 is 0 Å². The third-order valence-corrected chi connectivity index (χ3v) is 4.24. The number of benzene rings is 2. The van der Waals surface area contributed by atoms with E-state index in [0.29, 0.717) is 17.7 Å². The number of para-hydroxylation sites is 1. The predicted octanol–water partition coefficient (Wildman–Crippen LogP) is 4.21. The van der Waals surface area contributed by atoms with Gasteiger partial charge in [0.1, 0.15) is 6.61 Å². The van der Waals surface area contributed by atoms with Crippen LogP contribution < -0.4 is 10.6 Å². The van der Waals surface area contributed by atoms with Gasteiger partial charge in [-0.3, -0.25) is 0 Å². The Morgan fingerprint density at radius 1 is 1.04 bits per heavy atom. The summed E-state index contributed by atoms with van der Waals surface area (Å²) in [4.78, 5) is 11.8. The van der Waals surface area contributed by atoms with Crippen LogP contribution in [0.3, 0.4) is 0 Å². The molecule has 1 amide bonds. The average Bonchev–Trinajstić information content (AvgIpc) is 2.54. The van der Waals surface area contributed by atoms with Gasteiger partial charge in [-0.15, -0.1) is 0 Å². The summed E-state index contributed by atoms with van der Waals surface area (Å²) in [6.07, 6.45) is 1.37. The molecular weight excluding hydrogens is 312 g/mol. The molecule has 1 aliphatic carbocycles. The van der Waals surface area contributed by atoms with Gasteiger partial charge >= 0.3 is 6.09 Å². The van der Waals surface area contributed by atoms with Gasteiger partial charge in [0.15, 0.2) is 0 Å². The maximum atomic E-state index is 11.8. The van der Waals surface area contributed by atoms with E-state index in [4.69, 9.17) is 16.3 Å². The van der Waals surface area contributed by atoms with Gasteiger partial charge < -0.3 is 15.4 Å². The highest BCUT2D eigenvalue weighted by atomic mass is 35.5. The Labute approximate surface area is 140 Å². The zero-order chi connectivity index (χ0) is 16.1. The molecule has 2 N–H and O–H groups in total. The molecule has 0 aliphatic heterocycles. The number of nitrogens with one attached hydrogen (secondary N) is 2. The highest BCUT2D eigenvalue weighted by molar-refractivity contribution is 6.33. The Bertz CT molecular complexity index is 657. The lowest BCUT2D eigenvalue weighted by Gasteiger charge is -2.36. The predicted molar refractivity (Wildman–Crippen MR) is 91.6 cm³/mol. The molecule has 0 spiro atoms. The molecule has 1 aliphatic rings. The molecular formula is C18H19ClN2O2. The van der Waals surface area contributed by atoms with Crippen molar-refractivity contribution in [2.75, 3.05) is 5.32 Å². The van der Waals surface area contributed by atoms with Gasteiger partial charge in [-0.05, 0) is 30.5 Å². The molecule has 0 atom stereocenters. The summed E-state index contributed by atoms with van der Waals surface area (Å²) < 4.78 is 5.22. The monoisotopic (exact) mass is 330 g/mol. The van der Waals surface area contributed by atoms with Crippen LogP contribution in [0.15, 0.2) is 54.6 Å². The Morgan fingerprint density at radius 2 is 1.74 bits per heavy atom. The highest BCUT2D eigenvalue weighted by Gasteiger charge is 2.30. The van der Waals surface area contributed by atoms with Crippen molar-refractivity contribution in [3.8, 4) is 0 Å². The van der Waals surface area contributed by atoms with Crippen LogP contribution in [0, 0.1) is 0 Å². The van der Waals surface area contributed by atoms with Gasteiger partial charge in [-0.25, -0.2) is 4.79 Å². The molecule has 0 unspecified atom stereocenters. The molecule has 0 radical (unpaired) electrons. The number of hydrogen-bond donors (Lipinski definition) is 2. The first-order valence-electron chi connectivity index (χ1n) is 7.69. The standard InChI is InChI=1S/C18H19ClN2O2/c19-16-8-4-5-9-17(16)20-14-10-15(11-14)21-18(22)23-12-13-6-2-1-3-7-13/h1-9,14-15,20H,10-12H2,(H,21,22). The maximum Gasteiger partial charge on any atom is 0.407 e. The second-order valence-electron chi connectivity index (χ2n) is 5.70. The van der Waals surface area contributed by atoms with Crippen molar-refractivity contribution in [3.05, 3.63) is 65.2 Å². The molecule has 5 heteroatoms. The van der Waals surface area contributed by atoms with Gasteiger partial charge in [-0.2, -0.15) is 0 Å². The summed E-state index contributed by atoms with van der Waals surface area (Å²) in [6.45, 7) is 0.292. The molecule has 2 aromatic rings. The van der Waals surface area contributed by atoms with Crippen LogP contribution in [0.4, 0.5) is 10.5 Å². The lowest BCUT2D eigenvalue weighted by molar-refractivity contribution is 0.129. The van der Waals surface area contributed by atoms with E-state index in [-0.39, 0.29) is 12.1 Å². The van der Waals surface area contributed by atoms with Crippen LogP contribution in [0.2, 0.25) is 5.02 Å². The van der Waals surface area contributed by atoms with E-state index in [1.165, 1.54) is 0 Å². The fraction of sp³-hybridized carbons (Fsp3) is 0.278. The molecule has 23 heavy (non-hydrogen) atoms. The van der Waals surface area contributed by atoms with Crippen LogP contribution in [-0.4, -0.2) is 18.2 Å². The van der Waals surface area contributed by atoms with Gasteiger partial charge in [0.2, 0.25) is 0 Å². The van der Waals surface area contributed by atoms with Crippen molar-refractivity contribution in [3.63, 3.8) is 0 Å². The normalized spacial score (nSPS) is 19.5. The maximum absolute atomic E-state index is 11.8. The third-order valence-electron chi connectivity index (χ3n) is 3.91. The Hall–Kier alpha value is -2.20. The summed E-state index contributed by atoms with van der Waals surface area (Å²) in [5.41, 5.74) is 1.92. The van der Waals surface area contributed by atoms with Crippen LogP contribution in [0.5, 0.6) is 0 Å². The number of carbonyl (C=O) groups excluding carboxylic acids is 1. The highest BCUT2D eigenvalue weighted by Crippen LogP contribution is 2.28. The molecule has 120 valence electrons. The molecule has 1 fully saturated rings. The van der Waals surface area contributed by atoms with Crippen molar-refractivity contribution in [2.24, 2.45) is 0 Å². The number of amides is 1. The number of rotatable bonds is 5. The Balaban J connectivity index is 1.37.